The molecule has 1 spiro atoms. The van der Waals surface area contributed by atoms with Gasteiger partial charge in [-0.2, -0.15) is 0 Å². The minimum Gasteiger partial charge on any atom is -0.347 e. The van der Waals surface area contributed by atoms with Crippen molar-refractivity contribution in [3.05, 3.63) is 93.7 Å². The molecule has 9 heteroatoms. The third-order valence-electron chi connectivity index (χ3n) is 8.85. The third-order valence-corrected chi connectivity index (χ3v) is 9.86. The number of hydrogen-bond acceptors (Lipinski definition) is 6. The number of benzene rings is 1. The van der Waals surface area contributed by atoms with Crippen molar-refractivity contribution in [3.8, 4) is 0 Å². The highest BCUT2D eigenvalue weighted by Crippen LogP contribution is 2.42. The van der Waals surface area contributed by atoms with Crippen LogP contribution in [0.5, 0.6) is 0 Å². The van der Waals surface area contributed by atoms with Crippen LogP contribution in [0.4, 0.5) is 0 Å². The smallest absolute Gasteiger partial charge is 0.254 e. The van der Waals surface area contributed by atoms with Crippen LogP contribution in [0.15, 0.2) is 60.5 Å². The number of carbonyl (C=O) groups excluding carboxylic acids is 1. The number of aromatic nitrogens is 4. The van der Waals surface area contributed by atoms with Gasteiger partial charge in [-0.3, -0.25) is 14.6 Å². The van der Waals surface area contributed by atoms with Gasteiger partial charge in [-0.05, 0) is 98.9 Å². The minimum absolute atomic E-state index is 0.0279. The summed E-state index contributed by atoms with van der Waals surface area (Å²) in [4.78, 5) is 36.8. The van der Waals surface area contributed by atoms with E-state index in [0.717, 1.165) is 37.8 Å². The number of amides is 1. The molecular weight excluding hydrogens is 518 g/mol. The molecule has 2 aliphatic heterocycles. The van der Waals surface area contributed by atoms with Gasteiger partial charge in [0, 0.05) is 48.3 Å². The van der Waals surface area contributed by atoms with Gasteiger partial charge in [0.05, 0.1) is 13.1 Å². The van der Waals surface area contributed by atoms with Crippen LogP contribution < -0.4 is 0 Å². The first-order valence-corrected chi connectivity index (χ1v) is 15.3. The van der Waals surface area contributed by atoms with E-state index in [1.807, 2.05) is 23.5 Å². The van der Waals surface area contributed by atoms with E-state index in [0.29, 0.717) is 24.1 Å². The van der Waals surface area contributed by atoms with Gasteiger partial charge in [-0.1, -0.05) is 12.1 Å². The average Bonchev–Trinajstić information content (AvgIpc) is 3.76. The molecule has 4 aromatic rings. The number of piperidine rings is 2. The molecule has 0 atom stereocenters. The average molecular weight is 558 g/mol. The lowest BCUT2D eigenvalue weighted by Crippen LogP contribution is -2.46. The van der Waals surface area contributed by atoms with Gasteiger partial charge in [-0.25, -0.2) is 9.97 Å². The number of carbonyl (C=O) groups is 1. The number of rotatable bonds is 9. The van der Waals surface area contributed by atoms with Crippen LogP contribution in [0.25, 0.3) is 0 Å². The van der Waals surface area contributed by atoms with E-state index < -0.39 is 0 Å². The topological polar surface area (TPSA) is 84.2 Å². The maximum atomic E-state index is 13.4. The normalized spacial score (nSPS) is 17.8. The van der Waals surface area contributed by atoms with Crippen LogP contribution in [0.1, 0.15) is 63.7 Å². The Morgan fingerprint density at radius 1 is 0.875 bits per heavy atom. The molecule has 3 aromatic heterocycles. The first kappa shape index (κ1) is 26.9. The van der Waals surface area contributed by atoms with Gasteiger partial charge >= 0.3 is 0 Å². The van der Waals surface area contributed by atoms with Crippen molar-refractivity contribution < 1.29 is 4.79 Å². The standard InChI is InChI=1S/C31H39N7OS/c1-24-6-19-40-27(24)21-37-17-9-31(10-18-37)7-15-36(16-8-31)20-25-2-4-26(5-3-25)30(39)38(22-28-32-11-12-33-28)23-29-34-13-14-35-29/h2-6,11-14,19H,7-10,15-18,20-23H2,1H3,(H,32,33)(H,34,35). The van der Waals surface area contributed by atoms with Crippen LogP contribution in [0.3, 0.4) is 0 Å². The van der Waals surface area contributed by atoms with Crippen LogP contribution in [-0.4, -0.2) is 66.7 Å². The van der Waals surface area contributed by atoms with Crippen molar-refractivity contribution in [2.24, 2.45) is 5.41 Å². The van der Waals surface area contributed by atoms with Crippen LogP contribution in [0, 0.1) is 12.3 Å². The molecule has 2 saturated heterocycles. The summed E-state index contributed by atoms with van der Waals surface area (Å²) in [5, 5.41) is 2.22. The Labute approximate surface area is 240 Å². The molecule has 2 fully saturated rings. The molecule has 210 valence electrons. The summed E-state index contributed by atoms with van der Waals surface area (Å²) in [6, 6.07) is 10.4. The molecule has 0 saturated carbocycles. The Hall–Kier alpha value is -3.27. The number of likely N-dealkylation sites (tertiary alicyclic amines) is 2. The lowest BCUT2D eigenvalue weighted by molar-refractivity contribution is 0.0302. The summed E-state index contributed by atoms with van der Waals surface area (Å²) in [5.41, 5.74) is 3.91. The highest BCUT2D eigenvalue weighted by Gasteiger charge is 2.37. The number of aryl methyl sites for hydroxylation is 1. The van der Waals surface area contributed by atoms with E-state index in [1.54, 1.807) is 29.7 Å². The van der Waals surface area contributed by atoms with Gasteiger partial charge < -0.3 is 14.9 Å². The fourth-order valence-corrected chi connectivity index (χ4v) is 7.11. The van der Waals surface area contributed by atoms with Crippen LogP contribution in [-0.2, 0) is 26.2 Å². The van der Waals surface area contributed by atoms with Crippen molar-refractivity contribution in [1.29, 1.82) is 0 Å². The Morgan fingerprint density at radius 2 is 1.45 bits per heavy atom. The molecular formula is C31H39N7OS. The van der Waals surface area contributed by atoms with Crippen molar-refractivity contribution >= 4 is 17.2 Å². The zero-order chi connectivity index (χ0) is 27.4. The van der Waals surface area contributed by atoms with Crippen LogP contribution >= 0.6 is 11.3 Å². The summed E-state index contributed by atoms with van der Waals surface area (Å²) >= 11 is 1.90. The first-order valence-electron chi connectivity index (χ1n) is 14.4. The molecule has 6 rings (SSSR count). The predicted molar refractivity (Wildman–Crippen MR) is 158 cm³/mol. The molecule has 2 N–H and O–H groups in total. The van der Waals surface area contributed by atoms with Gasteiger partial charge in [0.25, 0.3) is 5.91 Å². The van der Waals surface area contributed by atoms with Gasteiger partial charge in [0.15, 0.2) is 0 Å². The fraction of sp³-hybridized carbons (Fsp3) is 0.452. The van der Waals surface area contributed by atoms with E-state index in [-0.39, 0.29) is 5.91 Å². The number of nitrogens with zero attached hydrogens (tertiary/aromatic N) is 5. The second kappa shape index (κ2) is 12.1. The molecule has 0 bridgehead atoms. The lowest BCUT2D eigenvalue weighted by Gasteiger charge is -2.47. The van der Waals surface area contributed by atoms with Crippen molar-refractivity contribution in [2.45, 2.75) is 58.8 Å². The molecule has 5 heterocycles. The monoisotopic (exact) mass is 557 g/mol. The Morgan fingerprint density at radius 3 is 1.95 bits per heavy atom. The summed E-state index contributed by atoms with van der Waals surface area (Å²) in [5.74, 6) is 1.48. The number of H-pyrrole nitrogens is 2. The minimum atomic E-state index is -0.0279. The molecule has 8 nitrogen and oxygen atoms in total. The van der Waals surface area contributed by atoms with Gasteiger partial charge in [0.2, 0.25) is 0 Å². The summed E-state index contributed by atoms with van der Waals surface area (Å²) in [6.07, 6.45) is 12.2. The third kappa shape index (κ3) is 6.37. The Bertz CT molecular complexity index is 1310. The van der Waals surface area contributed by atoms with E-state index in [1.165, 1.54) is 54.8 Å². The molecule has 40 heavy (non-hydrogen) atoms. The second-order valence-electron chi connectivity index (χ2n) is 11.5. The van der Waals surface area contributed by atoms with E-state index >= 15 is 0 Å². The fourth-order valence-electron chi connectivity index (χ4n) is 6.16. The zero-order valence-corrected chi connectivity index (χ0v) is 24.1. The molecule has 1 aromatic carbocycles. The first-order chi connectivity index (χ1) is 19.6. The number of aromatic amines is 2. The largest absolute Gasteiger partial charge is 0.347 e. The Balaban J connectivity index is 1.00. The van der Waals surface area contributed by atoms with Gasteiger partial charge in [-0.15, -0.1) is 11.3 Å². The summed E-state index contributed by atoms with van der Waals surface area (Å²) < 4.78 is 0. The lowest BCUT2D eigenvalue weighted by atomic mass is 9.71. The highest BCUT2D eigenvalue weighted by atomic mass is 32.1. The highest BCUT2D eigenvalue weighted by molar-refractivity contribution is 7.10. The summed E-state index contributed by atoms with van der Waals surface area (Å²) in [6.45, 7) is 9.86. The van der Waals surface area contributed by atoms with Crippen molar-refractivity contribution in [2.75, 3.05) is 26.2 Å². The maximum absolute atomic E-state index is 13.4. The van der Waals surface area contributed by atoms with Crippen molar-refractivity contribution in [1.82, 2.24) is 34.6 Å². The number of hydrogen-bond donors (Lipinski definition) is 2. The quantitative estimate of drug-likeness (QED) is 0.295. The summed E-state index contributed by atoms with van der Waals surface area (Å²) in [7, 11) is 0. The van der Waals surface area contributed by atoms with Crippen molar-refractivity contribution in [3.63, 3.8) is 0 Å². The molecule has 1 amide bonds. The zero-order valence-electron chi connectivity index (χ0n) is 23.3. The SMILES string of the molecule is Cc1ccsc1CN1CCC2(CCN(Cc3ccc(C(=O)N(Cc4ncc[nH]4)Cc4ncc[nH]4)cc3)CC2)CC1. The Kier molecular flexibility index (Phi) is 8.13. The van der Waals surface area contributed by atoms with Gasteiger partial charge in [0.1, 0.15) is 11.6 Å². The molecule has 0 unspecified atom stereocenters. The van der Waals surface area contributed by atoms with E-state index in [4.69, 9.17) is 0 Å². The number of imidazole rings is 2. The molecule has 0 radical (unpaired) electrons. The number of thiophene rings is 1. The van der Waals surface area contributed by atoms with Crippen LogP contribution in [0.2, 0.25) is 0 Å². The predicted octanol–water partition coefficient (Wildman–Crippen LogP) is 5.22. The second-order valence-corrected chi connectivity index (χ2v) is 12.5. The van der Waals surface area contributed by atoms with E-state index in [2.05, 4.69) is 60.2 Å². The van der Waals surface area contributed by atoms with E-state index in [9.17, 15) is 4.79 Å². The maximum Gasteiger partial charge on any atom is 0.254 e. The number of nitrogens with one attached hydrogen (secondary N) is 2. The molecule has 2 aliphatic rings. The molecule has 0 aliphatic carbocycles.